The molecule has 0 atom stereocenters. The molecule has 0 radical (unpaired) electrons. The van der Waals surface area contributed by atoms with Crippen LogP contribution in [0.1, 0.15) is 23.4 Å². The number of hydrogen-bond donors (Lipinski definition) is 1. The van der Waals surface area contributed by atoms with Gasteiger partial charge in [-0.05, 0) is 25.0 Å². The van der Waals surface area contributed by atoms with Crippen LogP contribution in [0.5, 0.6) is 0 Å². The SMILES string of the molecule is FC(F)(F)c1nc(-c2ccncc2)sc1CNC1CC1. The molecule has 1 N–H and O–H groups in total. The lowest BCUT2D eigenvalue weighted by atomic mass is 10.3. The summed E-state index contributed by atoms with van der Waals surface area (Å²) >= 11 is 1.09. The number of rotatable bonds is 4. The predicted molar refractivity (Wildman–Crippen MR) is 70.2 cm³/mol. The van der Waals surface area contributed by atoms with Crippen LogP contribution in [0.4, 0.5) is 13.2 Å². The van der Waals surface area contributed by atoms with Crippen LogP contribution in [0, 0.1) is 0 Å². The molecular weight excluding hydrogens is 287 g/mol. The van der Waals surface area contributed by atoms with E-state index in [0.29, 0.717) is 16.6 Å². The van der Waals surface area contributed by atoms with Gasteiger partial charge in [-0.2, -0.15) is 13.2 Å². The fourth-order valence-corrected chi connectivity index (χ4v) is 2.87. The first kappa shape index (κ1) is 13.5. The third-order valence-electron chi connectivity index (χ3n) is 3.02. The van der Waals surface area contributed by atoms with Gasteiger partial charge < -0.3 is 5.32 Å². The second kappa shape index (κ2) is 5.14. The van der Waals surface area contributed by atoms with Crippen molar-refractivity contribution in [3.63, 3.8) is 0 Å². The van der Waals surface area contributed by atoms with Gasteiger partial charge in [0.25, 0.3) is 0 Å². The Balaban J connectivity index is 1.92. The van der Waals surface area contributed by atoms with Crippen molar-refractivity contribution >= 4 is 11.3 Å². The van der Waals surface area contributed by atoms with Gasteiger partial charge in [0.2, 0.25) is 0 Å². The minimum Gasteiger partial charge on any atom is -0.309 e. The van der Waals surface area contributed by atoms with E-state index in [1.807, 2.05) is 0 Å². The Morgan fingerprint density at radius 2 is 1.95 bits per heavy atom. The summed E-state index contributed by atoms with van der Waals surface area (Å²) in [4.78, 5) is 7.88. The molecule has 1 saturated carbocycles. The maximum absolute atomic E-state index is 13.0. The monoisotopic (exact) mass is 299 g/mol. The van der Waals surface area contributed by atoms with Gasteiger partial charge in [-0.1, -0.05) is 0 Å². The molecule has 0 spiro atoms. The van der Waals surface area contributed by atoms with Crippen LogP contribution >= 0.6 is 11.3 Å². The number of alkyl halides is 3. The molecular formula is C13H12F3N3S. The van der Waals surface area contributed by atoms with E-state index < -0.39 is 11.9 Å². The van der Waals surface area contributed by atoms with Gasteiger partial charge in [-0.3, -0.25) is 4.98 Å². The van der Waals surface area contributed by atoms with Crippen LogP contribution in [-0.2, 0) is 12.7 Å². The van der Waals surface area contributed by atoms with Crippen molar-refractivity contribution in [2.45, 2.75) is 31.6 Å². The summed E-state index contributed by atoms with van der Waals surface area (Å²) in [5.41, 5.74) is -0.115. The van der Waals surface area contributed by atoms with Gasteiger partial charge in [-0.15, -0.1) is 11.3 Å². The number of halogens is 3. The topological polar surface area (TPSA) is 37.8 Å². The van der Waals surface area contributed by atoms with Crippen LogP contribution < -0.4 is 5.32 Å². The van der Waals surface area contributed by atoms with E-state index in [1.54, 1.807) is 24.5 Å². The van der Waals surface area contributed by atoms with Gasteiger partial charge >= 0.3 is 6.18 Å². The first-order chi connectivity index (χ1) is 9.54. The quantitative estimate of drug-likeness (QED) is 0.939. The minimum absolute atomic E-state index is 0.224. The molecule has 3 nitrogen and oxygen atoms in total. The van der Waals surface area contributed by atoms with Gasteiger partial charge in [-0.25, -0.2) is 4.98 Å². The fraction of sp³-hybridized carbons (Fsp3) is 0.385. The highest BCUT2D eigenvalue weighted by molar-refractivity contribution is 7.15. The number of nitrogens with one attached hydrogen (secondary N) is 1. The van der Waals surface area contributed by atoms with Crippen LogP contribution in [0.15, 0.2) is 24.5 Å². The zero-order chi connectivity index (χ0) is 14.2. The highest BCUT2D eigenvalue weighted by atomic mass is 32.1. The maximum atomic E-state index is 13.0. The lowest BCUT2D eigenvalue weighted by Crippen LogP contribution is -2.18. The van der Waals surface area contributed by atoms with Crippen LogP contribution in [0.3, 0.4) is 0 Å². The van der Waals surface area contributed by atoms with Crippen LogP contribution in [0.2, 0.25) is 0 Å². The Kier molecular flexibility index (Phi) is 3.47. The Bertz CT molecular complexity index is 591. The van der Waals surface area contributed by atoms with E-state index in [2.05, 4.69) is 15.3 Å². The lowest BCUT2D eigenvalue weighted by molar-refractivity contribution is -0.141. The normalized spacial score (nSPS) is 15.6. The summed E-state index contributed by atoms with van der Waals surface area (Å²) in [6.45, 7) is 0.224. The fourth-order valence-electron chi connectivity index (χ4n) is 1.84. The Morgan fingerprint density at radius 1 is 1.25 bits per heavy atom. The summed E-state index contributed by atoms with van der Waals surface area (Å²) in [7, 11) is 0. The highest BCUT2D eigenvalue weighted by Crippen LogP contribution is 2.37. The summed E-state index contributed by atoms with van der Waals surface area (Å²) in [6.07, 6.45) is 0.759. The number of hydrogen-bond acceptors (Lipinski definition) is 4. The van der Waals surface area contributed by atoms with Crippen LogP contribution in [-0.4, -0.2) is 16.0 Å². The average Bonchev–Trinajstić information content (AvgIpc) is 3.14. The number of aromatic nitrogens is 2. The lowest BCUT2D eigenvalue weighted by Gasteiger charge is -2.06. The Labute approximate surface area is 117 Å². The van der Waals surface area contributed by atoms with E-state index in [0.717, 1.165) is 24.2 Å². The second-order valence-electron chi connectivity index (χ2n) is 4.68. The molecule has 3 rings (SSSR count). The van der Waals surface area contributed by atoms with Crippen LogP contribution in [0.25, 0.3) is 10.6 Å². The van der Waals surface area contributed by atoms with Crippen molar-refractivity contribution in [1.82, 2.24) is 15.3 Å². The van der Waals surface area contributed by atoms with Crippen molar-refractivity contribution in [3.8, 4) is 10.6 Å². The highest BCUT2D eigenvalue weighted by Gasteiger charge is 2.37. The third-order valence-corrected chi connectivity index (χ3v) is 4.13. The summed E-state index contributed by atoms with van der Waals surface area (Å²) in [6, 6.07) is 3.69. The maximum Gasteiger partial charge on any atom is 0.434 e. The van der Waals surface area contributed by atoms with E-state index >= 15 is 0 Å². The van der Waals surface area contributed by atoms with Crippen molar-refractivity contribution in [2.75, 3.05) is 0 Å². The molecule has 1 aliphatic rings. The first-order valence-electron chi connectivity index (χ1n) is 6.25. The van der Waals surface area contributed by atoms with E-state index in [-0.39, 0.29) is 11.4 Å². The van der Waals surface area contributed by atoms with E-state index in [4.69, 9.17) is 0 Å². The molecule has 0 amide bonds. The number of nitrogens with zero attached hydrogens (tertiary/aromatic N) is 2. The molecule has 0 saturated heterocycles. The minimum atomic E-state index is -4.41. The van der Waals surface area contributed by atoms with Crippen molar-refractivity contribution in [3.05, 3.63) is 35.1 Å². The van der Waals surface area contributed by atoms with E-state index in [1.165, 1.54) is 0 Å². The molecule has 0 bridgehead atoms. The summed E-state index contributed by atoms with van der Waals surface area (Å²) in [5, 5.41) is 3.49. The standard InChI is InChI=1S/C13H12F3N3S/c14-13(15,16)11-10(7-18-9-1-2-9)20-12(19-11)8-3-5-17-6-4-8/h3-6,9,18H,1-2,7H2. The first-order valence-corrected chi connectivity index (χ1v) is 7.06. The summed E-state index contributed by atoms with van der Waals surface area (Å²) in [5.74, 6) is 0. The van der Waals surface area contributed by atoms with Crippen molar-refractivity contribution in [1.29, 1.82) is 0 Å². The smallest absolute Gasteiger partial charge is 0.309 e. The molecule has 0 aliphatic heterocycles. The summed E-state index contributed by atoms with van der Waals surface area (Å²) < 4.78 is 39.1. The van der Waals surface area contributed by atoms with Crippen molar-refractivity contribution < 1.29 is 13.2 Å². The molecule has 7 heteroatoms. The van der Waals surface area contributed by atoms with Gasteiger partial charge in [0.05, 0.1) is 4.88 Å². The zero-order valence-electron chi connectivity index (χ0n) is 10.4. The van der Waals surface area contributed by atoms with Gasteiger partial charge in [0, 0.05) is 30.5 Å². The molecule has 0 aromatic carbocycles. The number of pyridine rings is 1. The molecule has 0 unspecified atom stereocenters. The Hall–Kier alpha value is -1.47. The molecule has 2 heterocycles. The van der Waals surface area contributed by atoms with Gasteiger partial charge in [0.15, 0.2) is 5.69 Å². The predicted octanol–water partition coefficient (Wildman–Crippen LogP) is 3.48. The second-order valence-corrected chi connectivity index (χ2v) is 5.76. The Morgan fingerprint density at radius 3 is 2.55 bits per heavy atom. The van der Waals surface area contributed by atoms with Crippen molar-refractivity contribution in [2.24, 2.45) is 0 Å². The molecule has 2 aromatic rings. The molecule has 20 heavy (non-hydrogen) atoms. The van der Waals surface area contributed by atoms with E-state index in [9.17, 15) is 13.2 Å². The molecule has 2 aromatic heterocycles. The molecule has 1 aliphatic carbocycles. The average molecular weight is 299 g/mol. The molecule has 106 valence electrons. The number of thiazole rings is 1. The zero-order valence-corrected chi connectivity index (χ0v) is 11.3. The third kappa shape index (κ3) is 2.99. The molecule has 1 fully saturated rings. The largest absolute Gasteiger partial charge is 0.434 e. The van der Waals surface area contributed by atoms with Gasteiger partial charge in [0.1, 0.15) is 5.01 Å².